The summed E-state index contributed by atoms with van der Waals surface area (Å²) >= 11 is 6.25. The lowest BCUT2D eigenvalue weighted by Crippen LogP contribution is -2.34. The molecular formula is C12H18ClN3O. The maximum Gasteiger partial charge on any atom is 0.158 e. The molecule has 2 N–H and O–H groups in total. The third kappa shape index (κ3) is 2.24. The van der Waals surface area contributed by atoms with Crippen LogP contribution in [0.2, 0.25) is 5.02 Å². The fourth-order valence-corrected chi connectivity index (χ4v) is 2.26. The van der Waals surface area contributed by atoms with Gasteiger partial charge in [0, 0.05) is 6.54 Å². The van der Waals surface area contributed by atoms with E-state index >= 15 is 0 Å². The molecule has 1 aliphatic carbocycles. The van der Waals surface area contributed by atoms with Gasteiger partial charge in [0.2, 0.25) is 0 Å². The summed E-state index contributed by atoms with van der Waals surface area (Å²) in [5.74, 6) is 0.0802. The van der Waals surface area contributed by atoms with Crippen molar-refractivity contribution in [1.82, 2.24) is 9.78 Å². The number of nitrogens with two attached hydrogens (primary N) is 1. The largest absolute Gasteiger partial charge is 0.319 e. The first-order valence-electron chi connectivity index (χ1n) is 6.08. The summed E-state index contributed by atoms with van der Waals surface area (Å²) in [5.41, 5.74) is 6.98. The Morgan fingerprint density at radius 1 is 1.53 bits per heavy atom. The lowest BCUT2D eigenvalue weighted by atomic mass is 10.1. The van der Waals surface area contributed by atoms with Crippen molar-refractivity contribution in [1.29, 1.82) is 0 Å². The highest BCUT2D eigenvalue weighted by Crippen LogP contribution is 2.35. The van der Waals surface area contributed by atoms with Crippen molar-refractivity contribution in [2.75, 3.05) is 0 Å². The molecule has 0 aromatic carbocycles. The summed E-state index contributed by atoms with van der Waals surface area (Å²) in [5, 5.41) is 5.03. The molecule has 0 atom stereocenters. The molecule has 17 heavy (non-hydrogen) atoms. The molecule has 1 saturated carbocycles. The van der Waals surface area contributed by atoms with Crippen LogP contribution >= 0.6 is 11.6 Å². The Morgan fingerprint density at radius 3 is 2.65 bits per heavy atom. The standard InChI is InChI=1S/C12H18ClN3O/c1-3-8-11(13)9(16(4-2)15-8)7-10(17)12(14)5-6-12/h3-7,14H2,1-2H3. The SMILES string of the molecule is CCc1nn(CC)c(CC(=O)C2(N)CC2)c1Cl. The predicted molar refractivity (Wildman–Crippen MR) is 67.2 cm³/mol. The molecule has 0 bridgehead atoms. The number of nitrogens with zero attached hydrogens (tertiary/aromatic N) is 2. The van der Waals surface area contributed by atoms with Crippen molar-refractivity contribution in [3.05, 3.63) is 16.4 Å². The number of aryl methyl sites for hydroxylation is 2. The summed E-state index contributed by atoms with van der Waals surface area (Å²) in [7, 11) is 0. The number of carbonyl (C=O) groups is 1. The molecule has 0 spiro atoms. The maximum absolute atomic E-state index is 12.0. The smallest absolute Gasteiger partial charge is 0.158 e. The van der Waals surface area contributed by atoms with Crippen molar-refractivity contribution < 1.29 is 4.79 Å². The molecule has 94 valence electrons. The lowest BCUT2D eigenvalue weighted by Gasteiger charge is -2.09. The molecular weight excluding hydrogens is 238 g/mol. The van der Waals surface area contributed by atoms with Gasteiger partial charge in [0.25, 0.3) is 0 Å². The van der Waals surface area contributed by atoms with Crippen molar-refractivity contribution in [3.63, 3.8) is 0 Å². The van der Waals surface area contributed by atoms with Crippen molar-refractivity contribution in [2.45, 2.75) is 51.6 Å². The van der Waals surface area contributed by atoms with Crippen LogP contribution in [0, 0.1) is 0 Å². The van der Waals surface area contributed by atoms with E-state index in [4.69, 9.17) is 17.3 Å². The average molecular weight is 256 g/mol. The third-order valence-corrected chi connectivity index (χ3v) is 3.80. The monoisotopic (exact) mass is 255 g/mol. The van der Waals surface area contributed by atoms with Crippen LogP contribution < -0.4 is 5.73 Å². The minimum Gasteiger partial charge on any atom is -0.319 e. The first kappa shape index (κ1) is 12.6. The fraction of sp³-hybridized carbons (Fsp3) is 0.667. The second-order valence-corrected chi connectivity index (χ2v) is 5.01. The average Bonchev–Trinajstić information content (AvgIpc) is 2.99. The van der Waals surface area contributed by atoms with Crippen LogP contribution in [0.5, 0.6) is 0 Å². The zero-order chi connectivity index (χ0) is 12.6. The van der Waals surface area contributed by atoms with Gasteiger partial charge in [-0.3, -0.25) is 9.48 Å². The zero-order valence-electron chi connectivity index (χ0n) is 10.3. The number of aromatic nitrogens is 2. The van der Waals surface area contributed by atoms with Crippen LogP contribution in [-0.2, 0) is 24.2 Å². The van der Waals surface area contributed by atoms with Gasteiger partial charge in [-0.15, -0.1) is 0 Å². The zero-order valence-corrected chi connectivity index (χ0v) is 11.0. The summed E-state index contributed by atoms with van der Waals surface area (Å²) in [6, 6.07) is 0. The molecule has 1 aromatic heterocycles. The van der Waals surface area contributed by atoms with E-state index in [2.05, 4.69) is 5.10 Å². The van der Waals surface area contributed by atoms with Gasteiger partial charge >= 0.3 is 0 Å². The van der Waals surface area contributed by atoms with Gasteiger partial charge < -0.3 is 5.73 Å². The topological polar surface area (TPSA) is 60.9 Å². The Bertz CT molecular complexity index is 449. The van der Waals surface area contributed by atoms with Crippen molar-refractivity contribution in [3.8, 4) is 0 Å². The van der Waals surface area contributed by atoms with Crippen LogP contribution in [-0.4, -0.2) is 21.1 Å². The quantitative estimate of drug-likeness (QED) is 0.872. The molecule has 1 aromatic rings. The van der Waals surface area contributed by atoms with Crippen LogP contribution in [0.4, 0.5) is 0 Å². The molecule has 0 radical (unpaired) electrons. The van der Waals surface area contributed by atoms with E-state index in [1.165, 1.54) is 0 Å². The second-order valence-electron chi connectivity index (χ2n) is 4.63. The van der Waals surface area contributed by atoms with Crippen molar-refractivity contribution >= 4 is 17.4 Å². The molecule has 0 amide bonds. The van der Waals surface area contributed by atoms with E-state index in [1.54, 1.807) is 0 Å². The van der Waals surface area contributed by atoms with E-state index in [-0.39, 0.29) is 5.78 Å². The van der Waals surface area contributed by atoms with Gasteiger partial charge in [-0.25, -0.2) is 0 Å². The number of rotatable bonds is 5. The normalized spacial score (nSPS) is 17.2. The minimum absolute atomic E-state index is 0.0802. The minimum atomic E-state index is -0.585. The Hall–Kier alpha value is -0.870. The Labute approximate surface area is 106 Å². The summed E-state index contributed by atoms with van der Waals surface area (Å²) in [4.78, 5) is 12.0. The molecule has 2 rings (SSSR count). The molecule has 0 saturated heterocycles. The van der Waals surface area contributed by atoms with Gasteiger partial charge in [0.05, 0.1) is 28.4 Å². The van der Waals surface area contributed by atoms with E-state index in [1.807, 2.05) is 18.5 Å². The molecule has 0 unspecified atom stereocenters. The van der Waals surface area contributed by atoms with Crippen LogP contribution in [0.3, 0.4) is 0 Å². The molecule has 1 fully saturated rings. The van der Waals surface area contributed by atoms with Gasteiger partial charge in [-0.05, 0) is 26.2 Å². The third-order valence-electron chi connectivity index (χ3n) is 3.37. The highest BCUT2D eigenvalue weighted by molar-refractivity contribution is 6.32. The predicted octanol–water partition coefficient (Wildman–Crippen LogP) is 1.72. The molecule has 1 aliphatic rings. The Balaban J connectivity index is 2.25. The molecule has 1 heterocycles. The van der Waals surface area contributed by atoms with E-state index in [0.29, 0.717) is 11.4 Å². The Kier molecular flexibility index (Phi) is 3.27. The highest BCUT2D eigenvalue weighted by Gasteiger charge is 2.45. The maximum atomic E-state index is 12.0. The first-order valence-corrected chi connectivity index (χ1v) is 6.46. The van der Waals surface area contributed by atoms with Gasteiger partial charge in [-0.1, -0.05) is 18.5 Å². The van der Waals surface area contributed by atoms with Gasteiger partial charge in [0.15, 0.2) is 5.78 Å². The van der Waals surface area contributed by atoms with Crippen LogP contribution in [0.1, 0.15) is 38.1 Å². The number of carbonyl (C=O) groups excluding carboxylic acids is 1. The summed E-state index contributed by atoms with van der Waals surface area (Å²) in [6.45, 7) is 4.72. The lowest BCUT2D eigenvalue weighted by molar-refractivity contribution is -0.120. The number of Topliss-reactive ketones (excluding diaryl/α,β-unsaturated/α-hetero) is 1. The Morgan fingerprint density at radius 2 is 2.18 bits per heavy atom. The van der Waals surface area contributed by atoms with Crippen LogP contribution in [0.25, 0.3) is 0 Å². The molecule has 0 aliphatic heterocycles. The second kappa shape index (κ2) is 4.42. The number of hydrogen-bond donors (Lipinski definition) is 1. The summed E-state index contributed by atoms with van der Waals surface area (Å²) in [6.07, 6.45) is 2.67. The number of hydrogen-bond acceptors (Lipinski definition) is 3. The molecule has 5 heteroatoms. The fourth-order valence-electron chi connectivity index (χ4n) is 1.93. The number of ketones is 1. The highest BCUT2D eigenvalue weighted by atomic mass is 35.5. The van der Waals surface area contributed by atoms with E-state index < -0.39 is 5.54 Å². The van der Waals surface area contributed by atoms with E-state index in [9.17, 15) is 4.79 Å². The van der Waals surface area contributed by atoms with E-state index in [0.717, 1.165) is 37.2 Å². The van der Waals surface area contributed by atoms with Crippen LogP contribution in [0.15, 0.2) is 0 Å². The summed E-state index contributed by atoms with van der Waals surface area (Å²) < 4.78 is 1.81. The molecule has 4 nitrogen and oxygen atoms in total. The number of halogens is 1. The first-order chi connectivity index (χ1) is 8.01. The van der Waals surface area contributed by atoms with Gasteiger partial charge in [0.1, 0.15) is 0 Å². The van der Waals surface area contributed by atoms with Gasteiger partial charge in [-0.2, -0.15) is 5.10 Å². The van der Waals surface area contributed by atoms with Crippen molar-refractivity contribution in [2.24, 2.45) is 5.73 Å².